The van der Waals surface area contributed by atoms with Crippen molar-refractivity contribution in [2.75, 3.05) is 24.3 Å². The average Bonchev–Trinajstić information content (AvgIpc) is 3.27. The van der Waals surface area contributed by atoms with Crippen molar-refractivity contribution in [3.8, 4) is 0 Å². The van der Waals surface area contributed by atoms with Crippen LogP contribution in [0.4, 0.5) is 17.3 Å². The Labute approximate surface area is 228 Å². The standard InChI is InChI=1S/C27H34N8O3Si/c1-17-11-25(32-18(2)31-17)34-24-13-22(20(14-29-24)27(37)28-3)33-26(36)19-7-8-21-23(12-19)35(15-30-21)16-38-9-10-39(4,5)6/h7-8,11-15H,9-10,16H2,1-6H3,(H,28,37)(H2,29,31,32,33,34,36). The smallest absolute Gasteiger partial charge is 0.255 e. The van der Waals surface area contributed by atoms with Gasteiger partial charge in [0.1, 0.15) is 24.2 Å². The second kappa shape index (κ2) is 11.7. The van der Waals surface area contributed by atoms with Gasteiger partial charge in [-0.2, -0.15) is 0 Å². The molecule has 3 aromatic heterocycles. The minimum Gasteiger partial charge on any atom is -0.361 e. The van der Waals surface area contributed by atoms with Gasteiger partial charge in [-0.05, 0) is 38.1 Å². The van der Waals surface area contributed by atoms with Gasteiger partial charge >= 0.3 is 0 Å². The molecule has 0 atom stereocenters. The number of benzene rings is 1. The number of pyridine rings is 1. The number of fused-ring (bicyclic) bond motifs is 1. The van der Waals surface area contributed by atoms with Crippen LogP contribution in [-0.2, 0) is 11.5 Å². The van der Waals surface area contributed by atoms with Crippen LogP contribution in [0.25, 0.3) is 11.0 Å². The lowest BCUT2D eigenvalue weighted by molar-refractivity contribution is 0.0898. The Kier molecular flexibility index (Phi) is 8.36. The van der Waals surface area contributed by atoms with Crippen molar-refractivity contribution in [3.05, 3.63) is 65.5 Å². The van der Waals surface area contributed by atoms with Crippen molar-refractivity contribution >= 4 is 48.2 Å². The van der Waals surface area contributed by atoms with Crippen molar-refractivity contribution in [2.45, 2.75) is 46.3 Å². The molecule has 12 heteroatoms. The van der Waals surface area contributed by atoms with E-state index in [1.165, 1.54) is 13.2 Å². The van der Waals surface area contributed by atoms with Crippen LogP contribution in [0.5, 0.6) is 0 Å². The zero-order valence-corrected chi connectivity index (χ0v) is 24.1. The molecule has 3 heterocycles. The van der Waals surface area contributed by atoms with Crippen molar-refractivity contribution < 1.29 is 14.3 Å². The number of hydrogen-bond acceptors (Lipinski definition) is 8. The molecule has 4 aromatic rings. The fourth-order valence-electron chi connectivity index (χ4n) is 3.89. The maximum absolute atomic E-state index is 13.3. The second-order valence-electron chi connectivity index (χ2n) is 10.5. The number of carbonyl (C=O) groups is 2. The lowest BCUT2D eigenvalue weighted by Gasteiger charge is -2.15. The van der Waals surface area contributed by atoms with Crippen molar-refractivity contribution in [3.63, 3.8) is 0 Å². The quantitative estimate of drug-likeness (QED) is 0.195. The van der Waals surface area contributed by atoms with Gasteiger partial charge in [-0.3, -0.25) is 9.59 Å². The summed E-state index contributed by atoms with van der Waals surface area (Å²) in [4.78, 5) is 43.2. The first kappa shape index (κ1) is 27.9. The highest BCUT2D eigenvalue weighted by Crippen LogP contribution is 2.23. The second-order valence-corrected chi connectivity index (χ2v) is 16.1. The molecule has 3 N–H and O–H groups in total. The minimum atomic E-state index is -1.19. The van der Waals surface area contributed by atoms with Crippen LogP contribution in [0.15, 0.2) is 42.9 Å². The van der Waals surface area contributed by atoms with E-state index in [0.717, 1.165) is 22.8 Å². The molecule has 0 spiro atoms. The number of carbonyl (C=O) groups excluding carboxylic acids is 2. The van der Waals surface area contributed by atoms with Gasteiger partial charge < -0.3 is 25.3 Å². The van der Waals surface area contributed by atoms with E-state index in [2.05, 4.69) is 55.5 Å². The third-order valence-corrected chi connectivity index (χ3v) is 7.66. The summed E-state index contributed by atoms with van der Waals surface area (Å²) in [5.41, 5.74) is 3.31. The first-order valence-electron chi connectivity index (χ1n) is 12.7. The predicted molar refractivity (Wildman–Crippen MR) is 154 cm³/mol. The Hall–Kier alpha value is -4.16. The SMILES string of the molecule is CNC(=O)c1cnc(Nc2cc(C)nc(C)n2)cc1NC(=O)c1ccc2ncn(COCC[Si](C)(C)C)c2c1. The number of nitrogens with zero attached hydrogens (tertiary/aromatic N) is 5. The van der Waals surface area contributed by atoms with Gasteiger partial charge in [0.25, 0.3) is 11.8 Å². The van der Waals surface area contributed by atoms with Gasteiger partial charge in [0.15, 0.2) is 0 Å². The van der Waals surface area contributed by atoms with Crippen LogP contribution in [0.2, 0.25) is 25.7 Å². The normalized spacial score (nSPS) is 11.4. The number of aromatic nitrogens is 5. The summed E-state index contributed by atoms with van der Waals surface area (Å²) in [6, 6.07) is 9.72. The summed E-state index contributed by atoms with van der Waals surface area (Å²) >= 11 is 0. The van der Waals surface area contributed by atoms with E-state index in [-0.39, 0.29) is 17.4 Å². The minimum absolute atomic E-state index is 0.230. The number of hydrogen-bond donors (Lipinski definition) is 3. The number of imidazole rings is 1. The Morgan fingerprint density at radius 1 is 1.00 bits per heavy atom. The van der Waals surface area contributed by atoms with Crippen LogP contribution >= 0.6 is 0 Å². The molecule has 0 radical (unpaired) electrons. The number of ether oxygens (including phenoxy) is 1. The molecule has 0 aliphatic heterocycles. The zero-order chi connectivity index (χ0) is 28.2. The molecule has 0 bridgehead atoms. The summed E-state index contributed by atoms with van der Waals surface area (Å²) in [7, 11) is 0.334. The lowest BCUT2D eigenvalue weighted by atomic mass is 10.1. The highest BCUT2D eigenvalue weighted by atomic mass is 28.3. The van der Waals surface area contributed by atoms with E-state index in [1.54, 1.807) is 43.6 Å². The summed E-state index contributed by atoms with van der Waals surface area (Å²) in [5, 5.41) is 8.57. The molecule has 0 aliphatic carbocycles. The zero-order valence-electron chi connectivity index (χ0n) is 23.1. The van der Waals surface area contributed by atoms with E-state index in [0.29, 0.717) is 42.0 Å². The van der Waals surface area contributed by atoms with Crippen molar-refractivity contribution in [2.24, 2.45) is 0 Å². The van der Waals surface area contributed by atoms with Crippen LogP contribution in [-0.4, -0.2) is 58.0 Å². The molecule has 2 amide bonds. The number of rotatable bonds is 10. The average molecular weight is 547 g/mol. The molecule has 0 unspecified atom stereocenters. The Balaban J connectivity index is 1.56. The van der Waals surface area contributed by atoms with Crippen LogP contribution in [0.3, 0.4) is 0 Å². The molecular formula is C27H34N8O3Si. The van der Waals surface area contributed by atoms with Crippen LogP contribution in [0, 0.1) is 13.8 Å². The van der Waals surface area contributed by atoms with Gasteiger partial charge in [0.05, 0.1) is 28.6 Å². The highest BCUT2D eigenvalue weighted by Gasteiger charge is 2.17. The van der Waals surface area contributed by atoms with Crippen LogP contribution < -0.4 is 16.0 Å². The van der Waals surface area contributed by atoms with Crippen molar-refractivity contribution in [1.29, 1.82) is 0 Å². The Morgan fingerprint density at radius 2 is 1.79 bits per heavy atom. The summed E-state index contributed by atoms with van der Waals surface area (Å²) < 4.78 is 7.76. The molecular weight excluding hydrogens is 512 g/mol. The number of nitrogens with one attached hydrogen (secondary N) is 3. The summed E-state index contributed by atoms with van der Waals surface area (Å²) in [5.74, 6) is 0.842. The van der Waals surface area contributed by atoms with E-state index >= 15 is 0 Å². The molecule has 0 fully saturated rings. The molecule has 0 saturated carbocycles. The van der Waals surface area contributed by atoms with Gasteiger partial charge in [-0.15, -0.1) is 0 Å². The maximum atomic E-state index is 13.3. The highest BCUT2D eigenvalue weighted by molar-refractivity contribution is 6.76. The first-order chi connectivity index (χ1) is 18.5. The fraction of sp³-hybridized carbons (Fsp3) is 0.333. The first-order valence-corrected chi connectivity index (χ1v) is 16.4. The number of aryl methyl sites for hydroxylation is 2. The van der Waals surface area contributed by atoms with E-state index in [1.807, 2.05) is 11.5 Å². The van der Waals surface area contributed by atoms with Gasteiger partial charge in [0, 0.05) is 51.3 Å². The fourth-order valence-corrected chi connectivity index (χ4v) is 4.65. The third-order valence-electron chi connectivity index (χ3n) is 5.96. The molecule has 0 aliphatic rings. The van der Waals surface area contributed by atoms with E-state index < -0.39 is 8.07 Å². The van der Waals surface area contributed by atoms with Gasteiger partial charge in [0.2, 0.25) is 0 Å². The molecule has 1 aromatic carbocycles. The van der Waals surface area contributed by atoms with Gasteiger partial charge in [-0.1, -0.05) is 19.6 Å². The maximum Gasteiger partial charge on any atom is 0.255 e. The molecule has 204 valence electrons. The third kappa shape index (κ3) is 7.24. The van der Waals surface area contributed by atoms with Gasteiger partial charge in [-0.25, -0.2) is 19.9 Å². The summed E-state index contributed by atoms with van der Waals surface area (Å²) in [6.07, 6.45) is 3.12. The summed E-state index contributed by atoms with van der Waals surface area (Å²) in [6.45, 7) is 11.6. The van der Waals surface area contributed by atoms with Crippen molar-refractivity contribution in [1.82, 2.24) is 29.8 Å². The molecule has 4 rings (SSSR count). The largest absolute Gasteiger partial charge is 0.361 e. The molecule has 39 heavy (non-hydrogen) atoms. The monoisotopic (exact) mass is 546 g/mol. The lowest BCUT2D eigenvalue weighted by Crippen LogP contribution is -2.22. The van der Waals surface area contributed by atoms with E-state index in [9.17, 15) is 9.59 Å². The Morgan fingerprint density at radius 3 is 2.51 bits per heavy atom. The molecule has 0 saturated heterocycles. The Bertz CT molecular complexity index is 1490. The topological polar surface area (TPSA) is 136 Å². The van der Waals surface area contributed by atoms with E-state index in [4.69, 9.17) is 4.74 Å². The predicted octanol–water partition coefficient (Wildman–Crippen LogP) is 4.51. The molecule has 11 nitrogen and oxygen atoms in total. The number of amides is 2. The van der Waals surface area contributed by atoms with Crippen LogP contribution in [0.1, 0.15) is 32.2 Å². The number of anilines is 3.